The van der Waals surface area contributed by atoms with Crippen molar-refractivity contribution in [2.45, 2.75) is 31.6 Å². The molecule has 2 rings (SSSR count). The number of fused-ring (bicyclic) bond motifs is 1. The highest BCUT2D eigenvalue weighted by Gasteiger charge is 2.24. The topological polar surface area (TPSA) is 12.0 Å². The van der Waals surface area contributed by atoms with Crippen LogP contribution in [0.15, 0.2) is 24.3 Å². The van der Waals surface area contributed by atoms with Crippen LogP contribution in [0.1, 0.15) is 30.9 Å². The Labute approximate surface area is 103 Å². The molecule has 0 radical (unpaired) electrons. The molecule has 0 bridgehead atoms. The molecule has 0 aliphatic heterocycles. The van der Waals surface area contributed by atoms with E-state index in [0.29, 0.717) is 11.8 Å². The number of hydrogen-bond donors (Lipinski definition) is 1. The summed E-state index contributed by atoms with van der Waals surface area (Å²) < 4.78 is 0. The van der Waals surface area contributed by atoms with Gasteiger partial charge in [-0.25, -0.2) is 0 Å². The number of hydrogen-bond acceptors (Lipinski definition) is 1. The average Bonchev–Trinajstić information content (AvgIpc) is 2.24. The van der Waals surface area contributed by atoms with Crippen molar-refractivity contribution in [1.29, 1.82) is 0 Å². The smallest absolute Gasteiger partial charge is 0.0483 e. The normalized spacial score (nSPS) is 20.4. The lowest BCUT2D eigenvalue weighted by Gasteiger charge is -2.30. The van der Waals surface area contributed by atoms with Crippen molar-refractivity contribution < 1.29 is 0 Å². The van der Waals surface area contributed by atoms with E-state index in [-0.39, 0.29) is 5.38 Å². The lowest BCUT2D eigenvalue weighted by atomic mass is 9.77. The fraction of sp³-hybridized carbons (Fsp3) is 0.571. The number of halogens is 1. The van der Waals surface area contributed by atoms with Gasteiger partial charge in [-0.2, -0.15) is 0 Å². The molecular weight excluding hydrogens is 218 g/mol. The van der Waals surface area contributed by atoms with E-state index in [1.54, 1.807) is 0 Å². The van der Waals surface area contributed by atoms with E-state index in [9.17, 15) is 0 Å². The summed E-state index contributed by atoms with van der Waals surface area (Å²) in [6, 6.07) is 8.72. The van der Waals surface area contributed by atoms with Crippen LogP contribution in [-0.2, 0) is 6.42 Å². The molecule has 0 amide bonds. The van der Waals surface area contributed by atoms with Gasteiger partial charge >= 0.3 is 0 Å². The Morgan fingerprint density at radius 2 is 2.12 bits per heavy atom. The molecule has 0 heterocycles. The summed E-state index contributed by atoms with van der Waals surface area (Å²) in [7, 11) is 0. The summed E-state index contributed by atoms with van der Waals surface area (Å²) in [5.41, 5.74) is 3.03. The Morgan fingerprint density at radius 1 is 1.38 bits per heavy atom. The van der Waals surface area contributed by atoms with E-state index in [1.807, 2.05) is 0 Å². The van der Waals surface area contributed by atoms with Gasteiger partial charge in [-0.15, -0.1) is 11.6 Å². The first-order chi connectivity index (χ1) is 7.68. The monoisotopic (exact) mass is 237 g/mol. The summed E-state index contributed by atoms with van der Waals surface area (Å²) in [6.07, 6.45) is 1.22. The molecule has 0 fully saturated rings. The van der Waals surface area contributed by atoms with E-state index in [2.05, 4.69) is 43.4 Å². The highest BCUT2D eigenvalue weighted by molar-refractivity contribution is 6.20. The molecule has 0 aromatic heterocycles. The fourth-order valence-electron chi connectivity index (χ4n) is 2.18. The predicted molar refractivity (Wildman–Crippen MR) is 70.2 cm³/mol. The average molecular weight is 238 g/mol. The third-order valence-corrected chi connectivity index (χ3v) is 4.07. The van der Waals surface area contributed by atoms with E-state index < -0.39 is 0 Å². The van der Waals surface area contributed by atoms with Gasteiger partial charge < -0.3 is 5.32 Å². The molecule has 1 aromatic rings. The van der Waals surface area contributed by atoms with Gasteiger partial charge in [-0.05, 0) is 23.5 Å². The van der Waals surface area contributed by atoms with Crippen LogP contribution in [0.2, 0.25) is 0 Å². The molecule has 1 aromatic carbocycles. The maximum atomic E-state index is 6.20. The van der Waals surface area contributed by atoms with Crippen LogP contribution in [0.4, 0.5) is 0 Å². The van der Waals surface area contributed by atoms with Crippen molar-refractivity contribution in [3.05, 3.63) is 35.4 Å². The van der Waals surface area contributed by atoms with Gasteiger partial charge in [0, 0.05) is 24.4 Å². The zero-order chi connectivity index (χ0) is 11.5. The summed E-state index contributed by atoms with van der Waals surface area (Å²) in [4.78, 5) is 0. The Balaban J connectivity index is 1.74. The van der Waals surface area contributed by atoms with E-state index in [0.717, 1.165) is 13.1 Å². The number of benzene rings is 1. The molecule has 0 saturated carbocycles. The van der Waals surface area contributed by atoms with Crippen molar-refractivity contribution in [2.24, 2.45) is 5.92 Å². The Bertz CT molecular complexity index is 348. The Kier molecular flexibility index (Phi) is 3.88. The first-order valence-corrected chi connectivity index (χ1v) is 6.54. The van der Waals surface area contributed by atoms with Crippen LogP contribution < -0.4 is 5.32 Å². The van der Waals surface area contributed by atoms with Gasteiger partial charge in [0.05, 0.1) is 0 Å². The second-order valence-electron chi connectivity index (χ2n) is 5.02. The van der Waals surface area contributed by atoms with E-state index in [4.69, 9.17) is 11.6 Å². The van der Waals surface area contributed by atoms with Crippen molar-refractivity contribution in [1.82, 2.24) is 5.32 Å². The van der Waals surface area contributed by atoms with Gasteiger partial charge in [-0.3, -0.25) is 0 Å². The minimum Gasteiger partial charge on any atom is -0.315 e. The third kappa shape index (κ3) is 2.58. The second-order valence-corrected chi connectivity index (χ2v) is 5.58. The largest absolute Gasteiger partial charge is 0.315 e. The van der Waals surface area contributed by atoms with Crippen LogP contribution in [0.3, 0.4) is 0 Å². The van der Waals surface area contributed by atoms with Crippen LogP contribution in [0.5, 0.6) is 0 Å². The molecule has 1 nitrogen and oxygen atoms in total. The second kappa shape index (κ2) is 5.20. The molecule has 2 heteroatoms. The Morgan fingerprint density at radius 3 is 2.81 bits per heavy atom. The SMILES string of the molecule is CC(C)C(Cl)CNCC1Cc2ccccc21. The summed E-state index contributed by atoms with van der Waals surface area (Å²) in [5, 5.41) is 3.72. The lowest BCUT2D eigenvalue weighted by molar-refractivity contribution is 0.497. The molecule has 88 valence electrons. The zero-order valence-corrected chi connectivity index (χ0v) is 10.8. The summed E-state index contributed by atoms with van der Waals surface area (Å²) in [6.45, 7) is 6.31. The highest BCUT2D eigenvalue weighted by Crippen LogP contribution is 2.33. The first-order valence-electron chi connectivity index (χ1n) is 6.11. The molecule has 2 atom stereocenters. The van der Waals surface area contributed by atoms with Gasteiger partial charge in [-0.1, -0.05) is 38.1 Å². The molecule has 16 heavy (non-hydrogen) atoms. The standard InChI is InChI=1S/C14H20ClN/c1-10(2)14(15)9-16-8-12-7-11-5-3-4-6-13(11)12/h3-6,10,12,14,16H,7-9H2,1-2H3. The van der Waals surface area contributed by atoms with Crippen LogP contribution in [-0.4, -0.2) is 18.5 Å². The first kappa shape index (κ1) is 11.9. The van der Waals surface area contributed by atoms with Crippen molar-refractivity contribution in [3.8, 4) is 0 Å². The molecule has 1 aliphatic carbocycles. The summed E-state index contributed by atoms with van der Waals surface area (Å²) in [5.74, 6) is 1.25. The maximum absolute atomic E-state index is 6.20. The number of alkyl halides is 1. The molecular formula is C14H20ClN. The van der Waals surface area contributed by atoms with E-state index in [1.165, 1.54) is 17.5 Å². The minimum absolute atomic E-state index is 0.246. The third-order valence-electron chi connectivity index (χ3n) is 3.41. The fourth-order valence-corrected chi connectivity index (χ4v) is 2.29. The molecule has 0 spiro atoms. The van der Waals surface area contributed by atoms with Crippen molar-refractivity contribution >= 4 is 11.6 Å². The van der Waals surface area contributed by atoms with Crippen molar-refractivity contribution in [3.63, 3.8) is 0 Å². The molecule has 2 unspecified atom stereocenters. The van der Waals surface area contributed by atoms with Crippen LogP contribution >= 0.6 is 11.6 Å². The van der Waals surface area contributed by atoms with Gasteiger partial charge in [0.2, 0.25) is 0 Å². The molecule has 0 saturated heterocycles. The molecule has 1 aliphatic rings. The Hall–Kier alpha value is -0.530. The lowest BCUT2D eigenvalue weighted by Crippen LogP contribution is -2.33. The maximum Gasteiger partial charge on any atom is 0.0483 e. The van der Waals surface area contributed by atoms with E-state index >= 15 is 0 Å². The number of rotatable bonds is 5. The minimum atomic E-state index is 0.246. The molecule has 1 N–H and O–H groups in total. The van der Waals surface area contributed by atoms with Crippen molar-refractivity contribution in [2.75, 3.05) is 13.1 Å². The quantitative estimate of drug-likeness (QED) is 0.776. The zero-order valence-electron chi connectivity index (χ0n) is 10.0. The van der Waals surface area contributed by atoms with Crippen LogP contribution in [0, 0.1) is 5.92 Å². The highest BCUT2D eigenvalue weighted by atomic mass is 35.5. The number of nitrogens with one attached hydrogen (secondary N) is 1. The van der Waals surface area contributed by atoms with Gasteiger partial charge in [0.15, 0.2) is 0 Å². The van der Waals surface area contributed by atoms with Gasteiger partial charge in [0.1, 0.15) is 0 Å². The van der Waals surface area contributed by atoms with Crippen LogP contribution in [0.25, 0.3) is 0 Å². The predicted octanol–water partition coefficient (Wildman–Crippen LogP) is 3.18. The van der Waals surface area contributed by atoms with Gasteiger partial charge in [0.25, 0.3) is 0 Å². The summed E-state index contributed by atoms with van der Waals surface area (Å²) >= 11 is 6.20.